The summed E-state index contributed by atoms with van der Waals surface area (Å²) >= 11 is 0. The van der Waals surface area contributed by atoms with Gasteiger partial charge in [0.2, 0.25) is 5.43 Å². The minimum Gasteiger partial charge on any atom is -0.365 e. The molecule has 0 aliphatic rings. The van der Waals surface area contributed by atoms with E-state index in [0.29, 0.717) is 11.3 Å². The summed E-state index contributed by atoms with van der Waals surface area (Å²) in [6, 6.07) is 6.09. The Morgan fingerprint density at radius 1 is 1.26 bits per heavy atom. The molecular weight excluding hydrogens is 288 g/mol. The lowest BCUT2D eigenvalue weighted by molar-refractivity contribution is 0.0998. The van der Waals surface area contributed by atoms with Gasteiger partial charge in [-0.15, -0.1) is 0 Å². The van der Waals surface area contributed by atoms with Crippen LogP contribution in [0.5, 0.6) is 0 Å². The van der Waals surface area contributed by atoms with E-state index in [9.17, 15) is 9.59 Å². The van der Waals surface area contributed by atoms with Crippen LogP contribution in [0.1, 0.15) is 62.5 Å². The van der Waals surface area contributed by atoms with Crippen LogP contribution in [0.2, 0.25) is 0 Å². The van der Waals surface area contributed by atoms with E-state index in [0.717, 1.165) is 30.3 Å². The molecule has 2 atom stereocenters. The molecule has 4 heteroatoms. The lowest BCUT2D eigenvalue weighted by Crippen LogP contribution is -2.26. The number of carbonyl (C=O) groups excluding carboxylic acids is 1. The summed E-state index contributed by atoms with van der Waals surface area (Å²) < 4.78 is 2.04. The minimum atomic E-state index is -0.664. The Bertz CT molecular complexity index is 777. The van der Waals surface area contributed by atoms with Gasteiger partial charge in [0.05, 0.1) is 5.52 Å². The molecule has 0 saturated heterocycles. The highest BCUT2D eigenvalue weighted by Crippen LogP contribution is 2.26. The van der Waals surface area contributed by atoms with Crippen LogP contribution in [0.3, 0.4) is 0 Å². The van der Waals surface area contributed by atoms with Gasteiger partial charge in [0.25, 0.3) is 5.91 Å². The molecular formula is C19H26N2O2. The molecule has 0 aliphatic carbocycles. The van der Waals surface area contributed by atoms with Gasteiger partial charge >= 0.3 is 0 Å². The summed E-state index contributed by atoms with van der Waals surface area (Å²) in [7, 11) is 0. The van der Waals surface area contributed by atoms with Crippen molar-refractivity contribution in [3.63, 3.8) is 0 Å². The zero-order valence-corrected chi connectivity index (χ0v) is 14.4. The van der Waals surface area contributed by atoms with Crippen LogP contribution in [-0.2, 0) is 6.42 Å². The van der Waals surface area contributed by atoms with Gasteiger partial charge in [0, 0.05) is 17.6 Å². The molecule has 2 rings (SSSR count). The fourth-order valence-electron chi connectivity index (χ4n) is 3.11. The molecule has 2 aromatic rings. The predicted octanol–water partition coefficient (Wildman–Crippen LogP) is 3.66. The molecule has 23 heavy (non-hydrogen) atoms. The second-order valence-electron chi connectivity index (χ2n) is 6.36. The number of pyridine rings is 1. The van der Waals surface area contributed by atoms with Crippen LogP contribution in [0.25, 0.3) is 10.9 Å². The van der Waals surface area contributed by atoms with E-state index in [2.05, 4.69) is 20.8 Å². The zero-order valence-electron chi connectivity index (χ0n) is 14.4. The van der Waals surface area contributed by atoms with Crippen molar-refractivity contribution in [2.45, 2.75) is 53.0 Å². The van der Waals surface area contributed by atoms with Gasteiger partial charge in [-0.3, -0.25) is 9.59 Å². The number of benzene rings is 1. The zero-order chi connectivity index (χ0) is 17.1. The van der Waals surface area contributed by atoms with Crippen molar-refractivity contribution in [1.29, 1.82) is 0 Å². The molecule has 1 aromatic carbocycles. The van der Waals surface area contributed by atoms with Crippen molar-refractivity contribution in [2.75, 3.05) is 0 Å². The van der Waals surface area contributed by atoms with Crippen molar-refractivity contribution in [3.05, 3.63) is 45.7 Å². The monoisotopic (exact) mass is 314 g/mol. The van der Waals surface area contributed by atoms with E-state index < -0.39 is 5.91 Å². The van der Waals surface area contributed by atoms with Crippen molar-refractivity contribution in [3.8, 4) is 0 Å². The Hall–Kier alpha value is -2.10. The smallest absolute Gasteiger partial charge is 0.254 e. The topological polar surface area (TPSA) is 65.1 Å². The Labute approximate surface area is 137 Å². The van der Waals surface area contributed by atoms with Crippen LogP contribution in [0.15, 0.2) is 29.2 Å². The lowest BCUT2D eigenvalue weighted by atomic mass is 9.96. The molecule has 2 N–H and O–H groups in total. The van der Waals surface area contributed by atoms with Crippen LogP contribution in [0.4, 0.5) is 0 Å². The molecule has 0 spiro atoms. The third-order valence-electron chi connectivity index (χ3n) is 4.78. The number of aryl methyl sites for hydroxylation is 1. The van der Waals surface area contributed by atoms with Crippen LogP contribution in [-0.4, -0.2) is 10.5 Å². The maximum Gasteiger partial charge on any atom is 0.254 e. The highest BCUT2D eigenvalue weighted by Gasteiger charge is 2.19. The molecule has 0 aliphatic heterocycles. The van der Waals surface area contributed by atoms with Crippen molar-refractivity contribution < 1.29 is 4.79 Å². The van der Waals surface area contributed by atoms with E-state index in [-0.39, 0.29) is 17.0 Å². The molecule has 1 amide bonds. The summed E-state index contributed by atoms with van der Waals surface area (Å²) in [5.74, 6) is -0.222. The first-order valence-electron chi connectivity index (χ1n) is 8.38. The molecule has 2 unspecified atom stereocenters. The highest BCUT2D eigenvalue weighted by molar-refractivity contribution is 5.96. The van der Waals surface area contributed by atoms with Gasteiger partial charge in [-0.25, -0.2) is 0 Å². The van der Waals surface area contributed by atoms with E-state index in [1.54, 1.807) is 6.20 Å². The molecule has 0 saturated carbocycles. The van der Waals surface area contributed by atoms with E-state index >= 15 is 0 Å². The number of hydrogen-bond donors (Lipinski definition) is 1. The van der Waals surface area contributed by atoms with Crippen molar-refractivity contribution in [1.82, 2.24) is 4.57 Å². The summed E-state index contributed by atoms with van der Waals surface area (Å²) in [4.78, 5) is 24.3. The average molecular weight is 314 g/mol. The van der Waals surface area contributed by atoms with Gasteiger partial charge in [-0.1, -0.05) is 33.3 Å². The number of hydrogen-bond acceptors (Lipinski definition) is 2. The minimum absolute atomic E-state index is 0.0706. The number of nitrogens with zero attached hydrogens (tertiary/aromatic N) is 1. The van der Waals surface area contributed by atoms with E-state index in [1.807, 2.05) is 29.7 Å². The SMILES string of the molecule is CCCC(C)C(C)n1cc(C(N)=O)c(=O)c2cc(CC)ccc21. The number of carbonyl (C=O) groups is 1. The average Bonchev–Trinajstić information content (AvgIpc) is 2.54. The number of nitrogens with two attached hydrogens (primary N) is 1. The molecule has 1 aromatic heterocycles. The Morgan fingerprint density at radius 2 is 1.96 bits per heavy atom. The fourth-order valence-corrected chi connectivity index (χ4v) is 3.11. The molecule has 1 heterocycles. The van der Waals surface area contributed by atoms with Gasteiger partial charge in [-0.05, 0) is 43.4 Å². The quantitative estimate of drug-likeness (QED) is 0.884. The second-order valence-corrected chi connectivity index (χ2v) is 6.36. The van der Waals surface area contributed by atoms with Crippen LogP contribution >= 0.6 is 0 Å². The largest absolute Gasteiger partial charge is 0.365 e. The highest BCUT2D eigenvalue weighted by atomic mass is 16.2. The maximum absolute atomic E-state index is 12.6. The third-order valence-corrected chi connectivity index (χ3v) is 4.78. The second kappa shape index (κ2) is 6.99. The molecule has 124 valence electrons. The number of fused-ring (bicyclic) bond motifs is 1. The van der Waals surface area contributed by atoms with Gasteiger partial charge in [0.1, 0.15) is 5.56 Å². The number of rotatable bonds is 6. The Morgan fingerprint density at radius 3 is 2.52 bits per heavy atom. The number of primary amides is 1. The first-order valence-corrected chi connectivity index (χ1v) is 8.38. The first kappa shape index (κ1) is 17.3. The normalized spacial score (nSPS) is 13.9. The van der Waals surface area contributed by atoms with Crippen molar-refractivity contribution in [2.24, 2.45) is 11.7 Å². The summed E-state index contributed by atoms with van der Waals surface area (Å²) in [6.45, 7) is 8.53. The predicted molar refractivity (Wildman–Crippen MR) is 94.9 cm³/mol. The fraction of sp³-hybridized carbons (Fsp3) is 0.474. The lowest BCUT2D eigenvalue weighted by Gasteiger charge is -2.25. The van der Waals surface area contributed by atoms with Gasteiger partial charge in [0.15, 0.2) is 0 Å². The van der Waals surface area contributed by atoms with E-state index in [4.69, 9.17) is 5.73 Å². The molecule has 4 nitrogen and oxygen atoms in total. The van der Waals surface area contributed by atoms with Crippen LogP contribution < -0.4 is 11.2 Å². The Balaban J connectivity index is 2.75. The van der Waals surface area contributed by atoms with Crippen LogP contribution in [0, 0.1) is 5.92 Å². The first-order chi connectivity index (χ1) is 10.9. The Kier molecular flexibility index (Phi) is 5.24. The van der Waals surface area contributed by atoms with Crippen molar-refractivity contribution >= 4 is 16.8 Å². The summed E-state index contributed by atoms with van der Waals surface area (Å²) in [5.41, 5.74) is 7.18. The summed E-state index contributed by atoms with van der Waals surface area (Å²) in [5, 5.41) is 0.580. The third kappa shape index (κ3) is 3.31. The molecule has 0 bridgehead atoms. The summed E-state index contributed by atoms with van der Waals surface area (Å²) in [6.07, 6.45) is 4.67. The molecule has 0 radical (unpaired) electrons. The molecule has 0 fully saturated rings. The standard InChI is InChI=1S/C19H26N2O2/c1-5-7-12(3)13(4)21-11-16(19(20)23)18(22)15-10-14(6-2)8-9-17(15)21/h8-13H,5-7H2,1-4H3,(H2,20,23). The van der Waals surface area contributed by atoms with Gasteiger partial charge < -0.3 is 10.3 Å². The van der Waals surface area contributed by atoms with E-state index in [1.165, 1.54) is 0 Å². The number of aromatic nitrogens is 1. The van der Waals surface area contributed by atoms with Gasteiger partial charge in [-0.2, -0.15) is 0 Å². The number of amides is 1. The maximum atomic E-state index is 12.6.